The Morgan fingerprint density at radius 2 is 1.57 bits per heavy atom. The number of esters is 1. The van der Waals surface area contributed by atoms with E-state index in [4.69, 9.17) is 9.47 Å². The van der Waals surface area contributed by atoms with Gasteiger partial charge in [0.05, 0.1) is 5.56 Å². The summed E-state index contributed by atoms with van der Waals surface area (Å²) >= 11 is 0. The van der Waals surface area contributed by atoms with Crippen molar-refractivity contribution >= 4 is 22.5 Å². The minimum absolute atomic E-state index is 0.0756. The molecule has 5 aromatic rings. The number of fused-ring (bicyclic) bond motifs is 1. The summed E-state index contributed by atoms with van der Waals surface area (Å²) in [6.07, 6.45) is 3.74. The van der Waals surface area contributed by atoms with E-state index in [0.717, 1.165) is 19.6 Å². The van der Waals surface area contributed by atoms with E-state index >= 15 is 0 Å². The fourth-order valence-electron chi connectivity index (χ4n) is 5.61. The zero-order valence-corrected chi connectivity index (χ0v) is 24.2. The Bertz CT molecular complexity index is 1800. The highest BCUT2D eigenvalue weighted by Crippen LogP contribution is 2.36. The summed E-state index contributed by atoms with van der Waals surface area (Å²) in [6.45, 7) is 3.65. The number of ketones is 1. The van der Waals surface area contributed by atoms with E-state index in [0.29, 0.717) is 45.4 Å². The van der Waals surface area contributed by atoms with Crippen molar-refractivity contribution in [1.82, 2.24) is 4.90 Å². The number of carbonyl (C=O) groups is 2. The Kier molecular flexibility index (Phi) is 8.66. The Morgan fingerprint density at radius 1 is 0.795 bits per heavy atom. The number of benzene rings is 5. The van der Waals surface area contributed by atoms with Gasteiger partial charge < -0.3 is 14.6 Å². The average Bonchev–Trinajstić information content (AvgIpc) is 3.06. The first-order valence-electron chi connectivity index (χ1n) is 14.8. The lowest BCUT2D eigenvalue weighted by atomic mass is 9.89. The van der Waals surface area contributed by atoms with Gasteiger partial charge in [-0.25, -0.2) is 9.18 Å². The molecule has 0 unspecified atom stereocenters. The summed E-state index contributed by atoms with van der Waals surface area (Å²) in [5.74, 6) is -1.12. The zero-order valence-electron chi connectivity index (χ0n) is 24.2. The van der Waals surface area contributed by atoms with Crippen molar-refractivity contribution in [3.8, 4) is 28.4 Å². The van der Waals surface area contributed by atoms with Crippen molar-refractivity contribution in [1.29, 1.82) is 0 Å². The molecule has 1 fully saturated rings. The van der Waals surface area contributed by atoms with Gasteiger partial charge in [0.15, 0.2) is 17.3 Å². The SMILES string of the molecule is O=C(Oc1cc(-c2ccc3cc(O)ccc3c2C(=O)c2ccc(OCCN3CCCCC3)cc2)ccc1F)c1ccccc1. The summed E-state index contributed by atoms with van der Waals surface area (Å²) in [4.78, 5) is 29.2. The van der Waals surface area contributed by atoms with Crippen LogP contribution in [0.3, 0.4) is 0 Å². The fourth-order valence-corrected chi connectivity index (χ4v) is 5.61. The first-order valence-corrected chi connectivity index (χ1v) is 14.8. The molecule has 0 spiro atoms. The van der Waals surface area contributed by atoms with Gasteiger partial charge in [-0.2, -0.15) is 0 Å². The standard InChI is InChI=1S/C37H32FNO5/c38-33-18-12-28(24-34(33)44-37(42)26-7-3-1-4-8-26)31-16-11-27-23-29(40)13-17-32(27)35(31)36(41)25-9-14-30(15-10-25)43-22-21-39-19-5-2-6-20-39/h1,3-4,7-18,23-24,40H,2,5-6,19-22H2. The van der Waals surface area contributed by atoms with Gasteiger partial charge in [-0.05, 0) is 115 Å². The molecule has 1 saturated heterocycles. The molecular weight excluding hydrogens is 557 g/mol. The molecule has 0 radical (unpaired) electrons. The minimum atomic E-state index is -0.701. The number of aromatic hydroxyl groups is 1. The topological polar surface area (TPSA) is 76.1 Å². The molecule has 222 valence electrons. The van der Waals surface area contributed by atoms with Gasteiger partial charge in [0, 0.05) is 17.7 Å². The quantitative estimate of drug-likeness (QED) is 0.108. The molecule has 6 rings (SSSR count). The van der Waals surface area contributed by atoms with E-state index in [1.54, 1.807) is 84.9 Å². The second-order valence-corrected chi connectivity index (χ2v) is 10.9. The second-order valence-electron chi connectivity index (χ2n) is 10.9. The van der Waals surface area contributed by atoms with Crippen LogP contribution in [0.5, 0.6) is 17.2 Å². The Hall–Kier alpha value is -5.01. The molecule has 0 aliphatic carbocycles. The molecular formula is C37H32FNO5. The lowest BCUT2D eigenvalue weighted by Gasteiger charge is -2.26. The molecule has 0 aromatic heterocycles. The van der Waals surface area contributed by atoms with Crippen LogP contribution in [0, 0.1) is 5.82 Å². The summed E-state index contributed by atoms with van der Waals surface area (Å²) < 4.78 is 26.2. The zero-order chi connectivity index (χ0) is 30.5. The molecule has 5 aromatic carbocycles. The van der Waals surface area contributed by atoms with E-state index in [2.05, 4.69) is 4.90 Å². The maximum absolute atomic E-state index is 14.8. The van der Waals surface area contributed by atoms with E-state index in [9.17, 15) is 19.1 Å². The number of phenols is 1. The molecule has 1 heterocycles. The van der Waals surface area contributed by atoms with Gasteiger partial charge in [-0.3, -0.25) is 9.69 Å². The number of hydrogen-bond acceptors (Lipinski definition) is 6. The molecule has 0 bridgehead atoms. The van der Waals surface area contributed by atoms with Crippen molar-refractivity contribution in [2.24, 2.45) is 0 Å². The average molecular weight is 590 g/mol. The highest BCUT2D eigenvalue weighted by molar-refractivity contribution is 6.20. The monoisotopic (exact) mass is 589 g/mol. The molecule has 1 N–H and O–H groups in total. The van der Waals surface area contributed by atoms with Crippen LogP contribution in [0.25, 0.3) is 21.9 Å². The van der Waals surface area contributed by atoms with Gasteiger partial charge in [0.1, 0.15) is 18.1 Å². The van der Waals surface area contributed by atoms with E-state index < -0.39 is 11.8 Å². The van der Waals surface area contributed by atoms with Crippen molar-refractivity contribution in [3.05, 3.63) is 126 Å². The number of likely N-dealkylation sites (tertiary alicyclic amines) is 1. The van der Waals surface area contributed by atoms with Crippen molar-refractivity contribution in [2.75, 3.05) is 26.2 Å². The highest BCUT2D eigenvalue weighted by Gasteiger charge is 2.21. The third-order valence-electron chi connectivity index (χ3n) is 7.93. The maximum Gasteiger partial charge on any atom is 0.343 e. The van der Waals surface area contributed by atoms with Gasteiger partial charge in [-0.15, -0.1) is 0 Å². The van der Waals surface area contributed by atoms with Crippen LogP contribution >= 0.6 is 0 Å². The number of carbonyl (C=O) groups excluding carboxylic acids is 2. The molecule has 7 heteroatoms. The van der Waals surface area contributed by atoms with Crippen LogP contribution in [0.1, 0.15) is 45.5 Å². The summed E-state index contributed by atoms with van der Waals surface area (Å²) in [5.41, 5.74) is 2.16. The minimum Gasteiger partial charge on any atom is -0.508 e. The molecule has 1 aliphatic rings. The highest BCUT2D eigenvalue weighted by atomic mass is 19.1. The van der Waals surface area contributed by atoms with Crippen LogP contribution < -0.4 is 9.47 Å². The summed E-state index contributed by atoms with van der Waals surface area (Å²) in [5, 5.41) is 11.4. The van der Waals surface area contributed by atoms with E-state index in [1.807, 2.05) is 0 Å². The van der Waals surface area contributed by atoms with Gasteiger partial charge in [0.2, 0.25) is 0 Å². The first kappa shape index (κ1) is 29.1. The number of rotatable bonds is 9. The summed E-state index contributed by atoms with van der Waals surface area (Å²) in [7, 11) is 0. The lowest BCUT2D eigenvalue weighted by Crippen LogP contribution is -2.33. The van der Waals surface area contributed by atoms with Crippen LogP contribution in [0.15, 0.2) is 103 Å². The maximum atomic E-state index is 14.8. The van der Waals surface area contributed by atoms with Gasteiger partial charge in [0.25, 0.3) is 0 Å². The predicted molar refractivity (Wildman–Crippen MR) is 168 cm³/mol. The number of hydrogen-bond donors (Lipinski definition) is 1. The van der Waals surface area contributed by atoms with Crippen LogP contribution in [0.2, 0.25) is 0 Å². The third kappa shape index (κ3) is 6.48. The summed E-state index contributed by atoms with van der Waals surface area (Å²) in [6, 6.07) is 27.9. The Balaban J connectivity index is 1.30. The van der Waals surface area contributed by atoms with Gasteiger partial charge in [-0.1, -0.05) is 42.8 Å². The van der Waals surface area contributed by atoms with Crippen molar-refractivity contribution in [3.63, 3.8) is 0 Å². The van der Waals surface area contributed by atoms with Crippen LogP contribution in [0.4, 0.5) is 4.39 Å². The number of ether oxygens (including phenoxy) is 2. The van der Waals surface area contributed by atoms with E-state index in [1.165, 1.54) is 37.5 Å². The Labute approximate surface area is 255 Å². The Morgan fingerprint density at radius 3 is 2.34 bits per heavy atom. The number of nitrogens with zero attached hydrogens (tertiary/aromatic N) is 1. The van der Waals surface area contributed by atoms with Crippen LogP contribution in [-0.2, 0) is 0 Å². The van der Waals surface area contributed by atoms with Crippen molar-refractivity contribution < 1.29 is 28.6 Å². The number of phenolic OH excluding ortho intramolecular Hbond substituents is 1. The second kappa shape index (κ2) is 13.1. The molecule has 0 atom stereocenters. The van der Waals surface area contributed by atoms with E-state index in [-0.39, 0.29) is 22.8 Å². The molecule has 0 saturated carbocycles. The largest absolute Gasteiger partial charge is 0.508 e. The van der Waals surface area contributed by atoms with Crippen molar-refractivity contribution in [2.45, 2.75) is 19.3 Å². The lowest BCUT2D eigenvalue weighted by molar-refractivity contribution is 0.0727. The van der Waals surface area contributed by atoms with Crippen LogP contribution in [-0.4, -0.2) is 48.0 Å². The fraction of sp³-hybridized carbons (Fsp3) is 0.189. The van der Waals surface area contributed by atoms with Gasteiger partial charge >= 0.3 is 5.97 Å². The third-order valence-corrected chi connectivity index (χ3v) is 7.93. The predicted octanol–water partition coefficient (Wildman–Crippen LogP) is 7.67. The number of piperidine rings is 1. The molecule has 6 nitrogen and oxygen atoms in total. The smallest absolute Gasteiger partial charge is 0.343 e. The molecule has 1 aliphatic heterocycles. The first-order chi connectivity index (χ1) is 21.5. The normalized spacial score (nSPS) is 13.5. The molecule has 44 heavy (non-hydrogen) atoms. The molecule has 0 amide bonds. The number of halogens is 1.